The third-order valence-corrected chi connectivity index (χ3v) is 3.96. The Kier molecular flexibility index (Phi) is 5.68. The highest BCUT2D eigenvalue weighted by Gasteiger charge is 2.25. The molecule has 1 amide bonds. The van der Waals surface area contributed by atoms with Gasteiger partial charge in [-0.1, -0.05) is 18.2 Å². The van der Waals surface area contributed by atoms with Crippen LogP contribution in [0.4, 0.5) is 5.69 Å². The summed E-state index contributed by atoms with van der Waals surface area (Å²) in [5, 5.41) is 11.1. The zero-order valence-electron chi connectivity index (χ0n) is 13.8. The number of benzene rings is 1. The maximum atomic E-state index is 12.3. The second-order valence-electron chi connectivity index (χ2n) is 5.53. The van der Waals surface area contributed by atoms with E-state index in [9.17, 15) is 19.7 Å². The molecular weight excluding hydrogens is 312 g/mol. The second kappa shape index (κ2) is 7.72. The number of amides is 1. The quantitative estimate of drug-likeness (QED) is 0.454. The van der Waals surface area contributed by atoms with Gasteiger partial charge in [-0.3, -0.25) is 14.9 Å². The van der Waals surface area contributed by atoms with Crippen molar-refractivity contribution in [3.8, 4) is 0 Å². The van der Waals surface area contributed by atoms with Gasteiger partial charge in [0.15, 0.2) is 6.61 Å². The topological polar surface area (TPSA) is 89.8 Å². The van der Waals surface area contributed by atoms with Crippen LogP contribution in [0.3, 0.4) is 0 Å². The molecule has 0 radical (unpaired) electrons. The van der Waals surface area contributed by atoms with Crippen LogP contribution in [0.1, 0.15) is 42.1 Å². The van der Waals surface area contributed by atoms with Crippen molar-refractivity contribution in [3.63, 3.8) is 0 Å². The molecule has 0 spiro atoms. The van der Waals surface area contributed by atoms with Gasteiger partial charge in [-0.25, -0.2) is 4.79 Å². The lowest BCUT2D eigenvalue weighted by atomic mass is 10.1. The predicted molar refractivity (Wildman–Crippen MR) is 87.4 cm³/mol. The van der Waals surface area contributed by atoms with Crippen molar-refractivity contribution in [2.75, 3.05) is 13.2 Å². The summed E-state index contributed by atoms with van der Waals surface area (Å²) in [5.74, 6) is -1.18. The van der Waals surface area contributed by atoms with Gasteiger partial charge < -0.3 is 9.64 Å². The van der Waals surface area contributed by atoms with E-state index >= 15 is 0 Å². The molecule has 7 heteroatoms. The average molecular weight is 332 g/mol. The van der Waals surface area contributed by atoms with E-state index in [1.54, 1.807) is 17.9 Å². The van der Waals surface area contributed by atoms with E-state index in [0.717, 1.165) is 25.0 Å². The summed E-state index contributed by atoms with van der Waals surface area (Å²) >= 11 is 0. The van der Waals surface area contributed by atoms with E-state index in [0.29, 0.717) is 12.1 Å². The van der Waals surface area contributed by atoms with Gasteiger partial charge >= 0.3 is 5.97 Å². The van der Waals surface area contributed by atoms with Crippen LogP contribution in [0.15, 0.2) is 30.0 Å². The number of nitro benzene ring substituents is 1. The van der Waals surface area contributed by atoms with Crippen LogP contribution in [0.2, 0.25) is 0 Å². The zero-order chi connectivity index (χ0) is 17.7. The van der Waals surface area contributed by atoms with Gasteiger partial charge in [-0.2, -0.15) is 0 Å². The number of rotatable bonds is 6. The largest absolute Gasteiger partial charge is 0.452 e. The molecule has 1 aliphatic rings. The van der Waals surface area contributed by atoms with Gasteiger partial charge in [0.1, 0.15) is 5.56 Å². The monoisotopic (exact) mass is 332 g/mol. The predicted octanol–water partition coefficient (Wildman–Crippen LogP) is 2.98. The lowest BCUT2D eigenvalue weighted by Gasteiger charge is -2.22. The molecule has 2 rings (SSSR count). The molecule has 1 aliphatic carbocycles. The van der Waals surface area contributed by atoms with Crippen LogP contribution < -0.4 is 0 Å². The number of carbonyl (C=O) groups excluding carboxylic acids is 2. The summed E-state index contributed by atoms with van der Waals surface area (Å²) < 4.78 is 5.04. The van der Waals surface area contributed by atoms with Crippen LogP contribution in [0, 0.1) is 17.0 Å². The smallest absolute Gasteiger partial charge is 0.345 e. The number of aryl methyl sites for hydroxylation is 1. The maximum absolute atomic E-state index is 12.3. The SMILES string of the molecule is CCN(C(=O)COC(=O)c1c(C)cccc1[N+](=O)[O-])C1=CCCC1. The maximum Gasteiger partial charge on any atom is 0.345 e. The van der Waals surface area contributed by atoms with Crippen LogP contribution in [0.5, 0.6) is 0 Å². The molecule has 0 N–H and O–H groups in total. The lowest BCUT2D eigenvalue weighted by Crippen LogP contribution is -2.33. The van der Waals surface area contributed by atoms with Crippen LogP contribution in [-0.4, -0.2) is 34.9 Å². The number of allylic oxidation sites excluding steroid dienone is 2. The summed E-state index contributed by atoms with van der Waals surface area (Å²) in [6.07, 6.45) is 4.79. The summed E-state index contributed by atoms with van der Waals surface area (Å²) in [7, 11) is 0. The van der Waals surface area contributed by atoms with Gasteiger partial charge in [0.25, 0.3) is 11.6 Å². The molecule has 0 bridgehead atoms. The molecule has 0 saturated heterocycles. The number of hydrogen-bond donors (Lipinski definition) is 0. The first-order valence-electron chi connectivity index (χ1n) is 7.86. The number of nitrogens with zero attached hydrogens (tertiary/aromatic N) is 2. The minimum atomic E-state index is -0.857. The fraction of sp³-hybridized carbons (Fsp3) is 0.412. The molecule has 0 saturated carbocycles. The van der Waals surface area contributed by atoms with E-state index in [2.05, 4.69) is 0 Å². The molecule has 1 aromatic carbocycles. The molecule has 128 valence electrons. The number of carbonyl (C=O) groups is 2. The Labute approximate surface area is 140 Å². The Hall–Kier alpha value is -2.70. The van der Waals surface area contributed by atoms with Crippen molar-refractivity contribution in [2.45, 2.75) is 33.1 Å². The highest BCUT2D eigenvalue weighted by atomic mass is 16.6. The van der Waals surface area contributed by atoms with E-state index in [4.69, 9.17) is 4.74 Å². The van der Waals surface area contributed by atoms with Gasteiger partial charge in [0.05, 0.1) is 4.92 Å². The van der Waals surface area contributed by atoms with Crippen molar-refractivity contribution in [2.24, 2.45) is 0 Å². The van der Waals surface area contributed by atoms with E-state index in [-0.39, 0.29) is 17.2 Å². The first-order valence-corrected chi connectivity index (χ1v) is 7.86. The van der Waals surface area contributed by atoms with Gasteiger partial charge in [0, 0.05) is 18.3 Å². The molecule has 1 aromatic rings. The van der Waals surface area contributed by atoms with Crippen LogP contribution in [-0.2, 0) is 9.53 Å². The number of esters is 1. The highest BCUT2D eigenvalue weighted by molar-refractivity contribution is 5.96. The van der Waals surface area contributed by atoms with Gasteiger partial charge in [-0.05, 0) is 38.7 Å². The fourth-order valence-corrected chi connectivity index (χ4v) is 2.79. The standard InChI is InChI=1S/C17H20N2O5/c1-3-18(13-8-4-5-9-13)15(20)11-24-17(21)16-12(2)7-6-10-14(16)19(22)23/h6-8,10H,3-5,9,11H2,1-2H3. The normalized spacial score (nSPS) is 13.3. The molecule has 7 nitrogen and oxygen atoms in total. The zero-order valence-corrected chi connectivity index (χ0v) is 13.8. The molecule has 0 atom stereocenters. The Bertz CT molecular complexity index is 696. The molecule has 0 heterocycles. The van der Waals surface area contributed by atoms with Crippen molar-refractivity contribution >= 4 is 17.6 Å². The lowest BCUT2D eigenvalue weighted by molar-refractivity contribution is -0.385. The fourth-order valence-electron chi connectivity index (χ4n) is 2.79. The minimum Gasteiger partial charge on any atom is -0.452 e. The Morgan fingerprint density at radius 1 is 1.38 bits per heavy atom. The van der Waals surface area contributed by atoms with Crippen molar-refractivity contribution < 1.29 is 19.2 Å². The third-order valence-electron chi connectivity index (χ3n) is 3.96. The summed E-state index contributed by atoms with van der Waals surface area (Å²) in [4.78, 5) is 36.5. The first kappa shape index (κ1) is 17.7. The van der Waals surface area contributed by atoms with Crippen molar-refractivity contribution in [3.05, 3.63) is 51.2 Å². The van der Waals surface area contributed by atoms with Crippen molar-refractivity contribution in [1.29, 1.82) is 0 Å². The van der Waals surface area contributed by atoms with E-state index in [1.165, 1.54) is 12.1 Å². The number of hydrogen-bond acceptors (Lipinski definition) is 5. The molecule has 0 fully saturated rings. The molecule has 0 aliphatic heterocycles. The highest BCUT2D eigenvalue weighted by Crippen LogP contribution is 2.24. The minimum absolute atomic E-state index is 0.113. The molecular formula is C17H20N2O5. The Balaban J connectivity index is 2.08. The number of likely N-dealkylation sites (N-methyl/N-ethyl adjacent to an activating group) is 1. The van der Waals surface area contributed by atoms with E-state index in [1.807, 2.05) is 13.0 Å². The summed E-state index contributed by atoms with van der Waals surface area (Å²) in [6.45, 7) is 3.50. The Morgan fingerprint density at radius 2 is 2.12 bits per heavy atom. The third kappa shape index (κ3) is 3.79. The molecule has 0 aromatic heterocycles. The van der Waals surface area contributed by atoms with Gasteiger partial charge in [-0.15, -0.1) is 0 Å². The van der Waals surface area contributed by atoms with E-state index < -0.39 is 17.5 Å². The van der Waals surface area contributed by atoms with Gasteiger partial charge in [0.2, 0.25) is 0 Å². The molecule has 24 heavy (non-hydrogen) atoms. The number of ether oxygens (including phenoxy) is 1. The summed E-state index contributed by atoms with van der Waals surface area (Å²) in [6, 6.07) is 4.33. The summed E-state index contributed by atoms with van der Waals surface area (Å²) in [5.41, 5.74) is 0.949. The Morgan fingerprint density at radius 3 is 2.71 bits per heavy atom. The van der Waals surface area contributed by atoms with Crippen molar-refractivity contribution in [1.82, 2.24) is 4.90 Å². The van der Waals surface area contributed by atoms with Crippen LogP contribution in [0.25, 0.3) is 0 Å². The van der Waals surface area contributed by atoms with Crippen LogP contribution >= 0.6 is 0 Å². The molecule has 0 unspecified atom stereocenters. The average Bonchev–Trinajstić information content (AvgIpc) is 3.07. The number of nitro groups is 1. The first-order chi connectivity index (χ1) is 11.5. The second-order valence-corrected chi connectivity index (χ2v) is 5.53.